The molecule has 0 fully saturated rings. The third-order valence-corrected chi connectivity index (χ3v) is 3.01. The molecular formula is C15H13FN4O. The summed E-state index contributed by atoms with van der Waals surface area (Å²) in [6, 6.07) is 9.89. The number of hydrogen-bond donors (Lipinski definition) is 1. The molecule has 3 aromatic rings. The van der Waals surface area contributed by atoms with Gasteiger partial charge in [0.1, 0.15) is 11.6 Å². The molecule has 3 rings (SSSR count). The fourth-order valence-corrected chi connectivity index (χ4v) is 2.00. The van der Waals surface area contributed by atoms with E-state index in [9.17, 15) is 4.39 Å². The molecule has 1 aromatic carbocycles. The molecule has 0 unspecified atom stereocenters. The van der Waals surface area contributed by atoms with E-state index in [4.69, 9.17) is 10.2 Å². The van der Waals surface area contributed by atoms with Gasteiger partial charge in [-0.1, -0.05) is 12.1 Å². The van der Waals surface area contributed by atoms with Gasteiger partial charge < -0.3 is 10.2 Å². The number of aryl methyl sites for hydroxylation is 2. The Morgan fingerprint density at radius 3 is 2.81 bits per heavy atom. The third kappa shape index (κ3) is 3.22. The highest BCUT2D eigenvalue weighted by Gasteiger charge is 2.09. The summed E-state index contributed by atoms with van der Waals surface area (Å²) >= 11 is 0. The smallest absolute Gasteiger partial charge is 0.247 e. The molecule has 106 valence electrons. The molecule has 6 heteroatoms. The number of nitrogen functional groups attached to an aromatic ring is 1. The van der Waals surface area contributed by atoms with E-state index in [-0.39, 0.29) is 5.82 Å². The van der Waals surface area contributed by atoms with Gasteiger partial charge in [0.2, 0.25) is 11.8 Å². The van der Waals surface area contributed by atoms with Crippen molar-refractivity contribution >= 4 is 5.82 Å². The van der Waals surface area contributed by atoms with Crippen LogP contribution < -0.4 is 5.73 Å². The van der Waals surface area contributed by atoms with E-state index in [2.05, 4.69) is 15.2 Å². The fourth-order valence-electron chi connectivity index (χ4n) is 2.00. The number of aromatic nitrogens is 3. The second kappa shape index (κ2) is 5.70. The zero-order valence-corrected chi connectivity index (χ0v) is 11.2. The lowest BCUT2D eigenvalue weighted by Gasteiger charge is -1.98. The number of benzene rings is 1. The van der Waals surface area contributed by atoms with Gasteiger partial charge >= 0.3 is 0 Å². The first-order valence-corrected chi connectivity index (χ1v) is 6.49. The average molecular weight is 284 g/mol. The fraction of sp³-hybridized carbons (Fsp3) is 0.133. The molecule has 0 atom stereocenters. The van der Waals surface area contributed by atoms with Crippen molar-refractivity contribution in [1.82, 2.24) is 15.2 Å². The normalized spacial score (nSPS) is 10.7. The Balaban J connectivity index is 1.71. The Morgan fingerprint density at radius 1 is 1.10 bits per heavy atom. The van der Waals surface area contributed by atoms with Crippen molar-refractivity contribution in [1.29, 1.82) is 0 Å². The lowest BCUT2D eigenvalue weighted by atomic mass is 10.1. The lowest BCUT2D eigenvalue weighted by molar-refractivity contribution is 0.504. The topological polar surface area (TPSA) is 77.8 Å². The van der Waals surface area contributed by atoms with Crippen molar-refractivity contribution in [3.63, 3.8) is 0 Å². The monoisotopic (exact) mass is 284 g/mol. The molecule has 0 aliphatic carbocycles. The number of anilines is 1. The van der Waals surface area contributed by atoms with E-state index in [1.807, 2.05) is 6.07 Å². The van der Waals surface area contributed by atoms with Crippen molar-refractivity contribution in [2.45, 2.75) is 12.8 Å². The second-order valence-corrected chi connectivity index (χ2v) is 4.60. The first-order chi connectivity index (χ1) is 10.2. The van der Waals surface area contributed by atoms with E-state index in [0.717, 1.165) is 11.1 Å². The van der Waals surface area contributed by atoms with Crippen LogP contribution in [0.5, 0.6) is 0 Å². The summed E-state index contributed by atoms with van der Waals surface area (Å²) in [6.07, 6.45) is 2.77. The number of nitrogens with zero attached hydrogens (tertiary/aromatic N) is 3. The van der Waals surface area contributed by atoms with E-state index in [1.54, 1.807) is 24.4 Å². The van der Waals surface area contributed by atoms with Crippen LogP contribution in [0.3, 0.4) is 0 Å². The number of nitrogens with two attached hydrogens (primary N) is 1. The average Bonchev–Trinajstić information content (AvgIpc) is 2.94. The minimum absolute atomic E-state index is 0.244. The van der Waals surface area contributed by atoms with Crippen LogP contribution in [0.25, 0.3) is 11.5 Å². The van der Waals surface area contributed by atoms with Gasteiger partial charge in [0.25, 0.3) is 0 Å². The van der Waals surface area contributed by atoms with Crippen molar-refractivity contribution < 1.29 is 8.81 Å². The minimum atomic E-state index is -0.244. The summed E-state index contributed by atoms with van der Waals surface area (Å²) in [6.45, 7) is 0. The Hall–Kier alpha value is -2.76. The van der Waals surface area contributed by atoms with E-state index >= 15 is 0 Å². The number of rotatable bonds is 4. The molecule has 0 spiro atoms. The molecule has 21 heavy (non-hydrogen) atoms. The third-order valence-electron chi connectivity index (χ3n) is 3.01. The largest absolute Gasteiger partial charge is 0.421 e. The van der Waals surface area contributed by atoms with Gasteiger partial charge in [-0.3, -0.25) is 0 Å². The van der Waals surface area contributed by atoms with Crippen molar-refractivity contribution in [2.75, 3.05) is 5.73 Å². The van der Waals surface area contributed by atoms with Gasteiger partial charge in [-0.2, -0.15) is 0 Å². The molecule has 0 radical (unpaired) electrons. The highest BCUT2D eigenvalue weighted by molar-refractivity contribution is 5.56. The summed E-state index contributed by atoms with van der Waals surface area (Å²) in [5.41, 5.74) is 7.24. The molecule has 0 aliphatic rings. The van der Waals surface area contributed by atoms with Gasteiger partial charge in [0.15, 0.2) is 0 Å². The minimum Gasteiger partial charge on any atom is -0.421 e. The van der Waals surface area contributed by atoms with Crippen LogP contribution in [0.15, 0.2) is 47.0 Å². The van der Waals surface area contributed by atoms with Gasteiger partial charge in [0, 0.05) is 18.2 Å². The molecule has 2 N–H and O–H groups in total. The molecule has 2 heterocycles. The highest BCUT2D eigenvalue weighted by atomic mass is 19.1. The van der Waals surface area contributed by atoms with Crippen molar-refractivity contribution in [3.05, 3.63) is 59.9 Å². The molecule has 5 nitrogen and oxygen atoms in total. The lowest BCUT2D eigenvalue weighted by Crippen LogP contribution is -1.92. The molecule has 2 aromatic heterocycles. The van der Waals surface area contributed by atoms with Crippen LogP contribution in [0.1, 0.15) is 11.5 Å². The first-order valence-electron chi connectivity index (χ1n) is 6.49. The molecule has 0 saturated carbocycles. The Morgan fingerprint density at radius 2 is 2.00 bits per heavy atom. The summed E-state index contributed by atoms with van der Waals surface area (Å²) in [7, 11) is 0. The van der Waals surface area contributed by atoms with Crippen LogP contribution >= 0.6 is 0 Å². The van der Waals surface area contributed by atoms with Crippen LogP contribution in [-0.4, -0.2) is 15.2 Å². The van der Waals surface area contributed by atoms with Crippen LogP contribution in [0.2, 0.25) is 0 Å². The first kappa shape index (κ1) is 13.2. The zero-order valence-electron chi connectivity index (χ0n) is 11.2. The molecule has 0 amide bonds. The van der Waals surface area contributed by atoms with Crippen molar-refractivity contribution in [2.24, 2.45) is 0 Å². The molecular weight excluding hydrogens is 271 g/mol. The summed E-state index contributed by atoms with van der Waals surface area (Å²) in [4.78, 5) is 3.91. The SMILES string of the molecule is Nc1cc(-c2nnc(CCc3cccc(F)c3)o2)ccn1. The number of hydrogen-bond acceptors (Lipinski definition) is 5. The van der Waals surface area contributed by atoms with Gasteiger partial charge in [0.05, 0.1) is 0 Å². The number of halogens is 1. The maximum absolute atomic E-state index is 13.1. The Labute approximate surface area is 120 Å². The predicted molar refractivity (Wildman–Crippen MR) is 75.7 cm³/mol. The van der Waals surface area contributed by atoms with Crippen LogP contribution in [-0.2, 0) is 12.8 Å². The predicted octanol–water partition coefficient (Wildman–Crippen LogP) is 2.64. The zero-order chi connectivity index (χ0) is 14.7. The Kier molecular flexibility index (Phi) is 3.59. The van der Waals surface area contributed by atoms with Crippen LogP contribution in [0, 0.1) is 5.82 Å². The van der Waals surface area contributed by atoms with E-state index < -0.39 is 0 Å². The second-order valence-electron chi connectivity index (χ2n) is 4.60. The van der Waals surface area contributed by atoms with Crippen molar-refractivity contribution in [3.8, 4) is 11.5 Å². The highest BCUT2D eigenvalue weighted by Crippen LogP contribution is 2.19. The number of pyridine rings is 1. The van der Waals surface area contributed by atoms with Gasteiger partial charge in [-0.05, 0) is 36.2 Å². The van der Waals surface area contributed by atoms with E-state index in [0.29, 0.717) is 30.4 Å². The molecule has 0 bridgehead atoms. The van der Waals surface area contributed by atoms with Crippen LogP contribution in [0.4, 0.5) is 10.2 Å². The standard InChI is InChI=1S/C15H13FN4O/c16-12-3-1-2-10(8-12)4-5-14-19-20-15(21-14)11-6-7-18-13(17)9-11/h1-3,6-9H,4-5H2,(H2,17,18). The maximum Gasteiger partial charge on any atom is 0.247 e. The van der Waals surface area contributed by atoms with Gasteiger partial charge in [-0.15, -0.1) is 10.2 Å². The summed E-state index contributed by atoms with van der Waals surface area (Å²) < 4.78 is 18.7. The summed E-state index contributed by atoms with van der Waals surface area (Å²) in [5, 5.41) is 7.97. The Bertz CT molecular complexity index is 757. The summed E-state index contributed by atoms with van der Waals surface area (Å²) in [5.74, 6) is 1.06. The quantitative estimate of drug-likeness (QED) is 0.796. The maximum atomic E-state index is 13.1. The van der Waals surface area contributed by atoms with Gasteiger partial charge in [-0.25, -0.2) is 9.37 Å². The molecule has 0 aliphatic heterocycles. The molecule has 0 saturated heterocycles. The van der Waals surface area contributed by atoms with E-state index in [1.165, 1.54) is 12.1 Å².